The van der Waals surface area contributed by atoms with Gasteiger partial charge in [-0.1, -0.05) is 17.3 Å². The third kappa shape index (κ3) is 2.91. The molecule has 0 N–H and O–H groups in total. The first kappa shape index (κ1) is 13.7. The molecule has 1 aliphatic heterocycles. The Morgan fingerprint density at radius 2 is 2.15 bits per heavy atom. The summed E-state index contributed by atoms with van der Waals surface area (Å²) in [5.74, 6) is 1.01. The van der Waals surface area contributed by atoms with Crippen LogP contribution < -0.4 is 0 Å². The molecular weight excluding hydrogens is 268 g/mol. The standard InChI is InChI=1S/C16H20N2OS/c1-12-10-16(19-17-12)15-4-3-9-18(15)11-13-5-7-14(20-2)8-6-13/h5-8,10,15H,3-4,9,11H2,1-2H3. The average Bonchev–Trinajstić information content (AvgIpc) is 3.08. The van der Waals surface area contributed by atoms with Crippen molar-refractivity contribution >= 4 is 11.8 Å². The quantitative estimate of drug-likeness (QED) is 0.794. The van der Waals surface area contributed by atoms with Gasteiger partial charge in [-0.05, 0) is 50.3 Å². The maximum atomic E-state index is 5.46. The molecule has 1 unspecified atom stereocenters. The monoisotopic (exact) mass is 288 g/mol. The first-order valence-electron chi connectivity index (χ1n) is 7.06. The third-order valence-corrected chi connectivity index (χ3v) is 4.63. The van der Waals surface area contributed by atoms with E-state index < -0.39 is 0 Å². The summed E-state index contributed by atoms with van der Waals surface area (Å²) in [5.41, 5.74) is 2.34. The predicted molar refractivity (Wildman–Crippen MR) is 81.8 cm³/mol. The summed E-state index contributed by atoms with van der Waals surface area (Å²) < 4.78 is 5.46. The van der Waals surface area contributed by atoms with Gasteiger partial charge >= 0.3 is 0 Å². The van der Waals surface area contributed by atoms with Crippen molar-refractivity contribution < 1.29 is 4.52 Å². The number of rotatable bonds is 4. The van der Waals surface area contributed by atoms with Gasteiger partial charge in [0.25, 0.3) is 0 Å². The van der Waals surface area contributed by atoms with Crippen LogP contribution in [0.4, 0.5) is 0 Å². The van der Waals surface area contributed by atoms with Crippen LogP contribution in [0.5, 0.6) is 0 Å². The molecule has 4 heteroatoms. The predicted octanol–water partition coefficient (Wildman–Crippen LogP) is 4.04. The fraction of sp³-hybridized carbons (Fsp3) is 0.438. The van der Waals surface area contributed by atoms with Gasteiger partial charge in [-0.15, -0.1) is 11.8 Å². The van der Waals surface area contributed by atoms with Crippen LogP contribution in [0.15, 0.2) is 39.8 Å². The maximum absolute atomic E-state index is 5.46. The van der Waals surface area contributed by atoms with Gasteiger partial charge in [-0.2, -0.15) is 0 Å². The normalized spacial score (nSPS) is 19.6. The van der Waals surface area contributed by atoms with Crippen LogP contribution in [-0.2, 0) is 6.54 Å². The van der Waals surface area contributed by atoms with Crippen molar-refractivity contribution in [1.82, 2.24) is 10.1 Å². The molecular formula is C16H20N2OS. The molecule has 2 heterocycles. The molecule has 1 aromatic carbocycles. The van der Waals surface area contributed by atoms with Crippen LogP contribution in [0.2, 0.25) is 0 Å². The molecule has 0 amide bonds. The molecule has 3 rings (SSSR count). The molecule has 1 atom stereocenters. The molecule has 0 aliphatic carbocycles. The van der Waals surface area contributed by atoms with E-state index in [4.69, 9.17) is 4.52 Å². The number of likely N-dealkylation sites (tertiary alicyclic amines) is 1. The van der Waals surface area contributed by atoms with Gasteiger partial charge in [0, 0.05) is 17.5 Å². The molecule has 3 nitrogen and oxygen atoms in total. The van der Waals surface area contributed by atoms with Crippen molar-refractivity contribution in [2.45, 2.75) is 37.2 Å². The Morgan fingerprint density at radius 3 is 2.80 bits per heavy atom. The summed E-state index contributed by atoms with van der Waals surface area (Å²) >= 11 is 1.78. The molecule has 1 aliphatic rings. The highest BCUT2D eigenvalue weighted by Crippen LogP contribution is 2.33. The summed E-state index contributed by atoms with van der Waals surface area (Å²) in [5, 5.41) is 4.02. The van der Waals surface area contributed by atoms with E-state index in [1.807, 2.05) is 6.92 Å². The van der Waals surface area contributed by atoms with Gasteiger partial charge < -0.3 is 4.52 Å². The number of thioether (sulfide) groups is 1. The number of hydrogen-bond acceptors (Lipinski definition) is 4. The molecule has 106 valence electrons. The highest BCUT2D eigenvalue weighted by molar-refractivity contribution is 7.98. The molecule has 0 spiro atoms. The summed E-state index contributed by atoms with van der Waals surface area (Å²) in [4.78, 5) is 3.81. The van der Waals surface area contributed by atoms with E-state index in [2.05, 4.69) is 46.6 Å². The fourth-order valence-electron chi connectivity index (χ4n) is 2.84. The van der Waals surface area contributed by atoms with E-state index in [1.165, 1.54) is 16.9 Å². The lowest BCUT2D eigenvalue weighted by Gasteiger charge is -2.22. The lowest BCUT2D eigenvalue weighted by Crippen LogP contribution is -2.22. The van der Waals surface area contributed by atoms with Crippen LogP contribution in [-0.4, -0.2) is 22.9 Å². The number of aromatic nitrogens is 1. The molecule has 1 fully saturated rings. The molecule has 0 bridgehead atoms. The van der Waals surface area contributed by atoms with Crippen LogP contribution in [0.25, 0.3) is 0 Å². The second kappa shape index (κ2) is 6.02. The average molecular weight is 288 g/mol. The Hall–Kier alpha value is -1.26. The minimum absolute atomic E-state index is 0.386. The Labute approximate surface area is 124 Å². The van der Waals surface area contributed by atoms with Crippen molar-refractivity contribution in [3.8, 4) is 0 Å². The molecule has 20 heavy (non-hydrogen) atoms. The summed E-state index contributed by atoms with van der Waals surface area (Å²) in [6.45, 7) is 4.10. The van der Waals surface area contributed by atoms with E-state index in [-0.39, 0.29) is 0 Å². The molecule has 1 aromatic heterocycles. The van der Waals surface area contributed by atoms with Gasteiger partial charge in [-0.25, -0.2) is 0 Å². The largest absolute Gasteiger partial charge is 0.359 e. The SMILES string of the molecule is CSc1ccc(CN2CCCC2c2cc(C)no2)cc1. The zero-order valence-electron chi connectivity index (χ0n) is 12.0. The van der Waals surface area contributed by atoms with E-state index in [9.17, 15) is 0 Å². The highest BCUT2D eigenvalue weighted by atomic mass is 32.2. The second-order valence-corrected chi connectivity index (χ2v) is 6.23. The third-order valence-electron chi connectivity index (χ3n) is 3.88. The summed E-state index contributed by atoms with van der Waals surface area (Å²) in [7, 11) is 0. The maximum Gasteiger partial charge on any atom is 0.154 e. The minimum Gasteiger partial charge on any atom is -0.359 e. The number of aryl methyl sites for hydroxylation is 1. The lowest BCUT2D eigenvalue weighted by molar-refractivity contribution is 0.206. The topological polar surface area (TPSA) is 29.3 Å². The van der Waals surface area contributed by atoms with Gasteiger partial charge in [0.05, 0.1) is 11.7 Å². The van der Waals surface area contributed by atoms with Crippen LogP contribution in [0.3, 0.4) is 0 Å². The Bertz CT molecular complexity index is 564. The van der Waals surface area contributed by atoms with E-state index in [0.717, 1.165) is 31.0 Å². The van der Waals surface area contributed by atoms with Crippen LogP contribution in [0.1, 0.15) is 35.9 Å². The van der Waals surface area contributed by atoms with Gasteiger partial charge in [0.15, 0.2) is 5.76 Å². The van der Waals surface area contributed by atoms with E-state index in [1.54, 1.807) is 11.8 Å². The van der Waals surface area contributed by atoms with Crippen LogP contribution >= 0.6 is 11.8 Å². The van der Waals surface area contributed by atoms with E-state index >= 15 is 0 Å². The first-order chi connectivity index (χ1) is 9.76. The Balaban J connectivity index is 1.72. The first-order valence-corrected chi connectivity index (χ1v) is 8.29. The number of benzene rings is 1. The summed E-state index contributed by atoms with van der Waals surface area (Å²) in [6.07, 6.45) is 4.50. The smallest absolute Gasteiger partial charge is 0.154 e. The highest BCUT2D eigenvalue weighted by Gasteiger charge is 2.28. The van der Waals surface area contributed by atoms with Crippen molar-refractivity contribution in [2.75, 3.05) is 12.8 Å². The van der Waals surface area contributed by atoms with Crippen molar-refractivity contribution in [2.24, 2.45) is 0 Å². The van der Waals surface area contributed by atoms with Crippen molar-refractivity contribution in [1.29, 1.82) is 0 Å². The number of nitrogens with zero attached hydrogens (tertiary/aromatic N) is 2. The molecule has 1 saturated heterocycles. The second-order valence-electron chi connectivity index (χ2n) is 5.35. The van der Waals surface area contributed by atoms with Crippen molar-refractivity contribution in [3.05, 3.63) is 47.3 Å². The minimum atomic E-state index is 0.386. The fourth-order valence-corrected chi connectivity index (χ4v) is 3.25. The zero-order valence-corrected chi connectivity index (χ0v) is 12.8. The van der Waals surface area contributed by atoms with Gasteiger partial charge in [0.1, 0.15) is 0 Å². The molecule has 0 radical (unpaired) electrons. The Morgan fingerprint density at radius 1 is 1.35 bits per heavy atom. The van der Waals surface area contributed by atoms with Gasteiger partial charge in [0.2, 0.25) is 0 Å². The van der Waals surface area contributed by atoms with Crippen LogP contribution in [0, 0.1) is 6.92 Å². The number of hydrogen-bond donors (Lipinski definition) is 0. The van der Waals surface area contributed by atoms with Crippen molar-refractivity contribution in [3.63, 3.8) is 0 Å². The molecule has 0 saturated carbocycles. The van der Waals surface area contributed by atoms with Gasteiger partial charge in [-0.3, -0.25) is 4.90 Å². The summed E-state index contributed by atoms with van der Waals surface area (Å²) in [6, 6.07) is 11.3. The Kier molecular flexibility index (Phi) is 4.13. The molecule has 2 aromatic rings. The zero-order chi connectivity index (χ0) is 13.9. The van der Waals surface area contributed by atoms with E-state index in [0.29, 0.717) is 6.04 Å². The lowest BCUT2D eigenvalue weighted by atomic mass is 10.1.